The van der Waals surface area contributed by atoms with Gasteiger partial charge in [-0.05, 0) is 63.2 Å². The lowest BCUT2D eigenvalue weighted by Crippen LogP contribution is -2.67. The summed E-state index contributed by atoms with van der Waals surface area (Å²) in [5.41, 5.74) is 0.821. The standard InChI is InChI=1S/C15H26O/c1-11-6-5-8-15-9-7-12(10-14(11,15)4)13(2,3)16-15/h11-12H,5-10H2,1-4H3/t11-,12-,14+,15+/m1/s1. The van der Waals surface area contributed by atoms with E-state index in [0.29, 0.717) is 5.41 Å². The summed E-state index contributed by atoms with van der Waals surface area (Å²) in [5.74, 6) is 1.64. The average molecular weight is 222 g/mol. The molecule has 1 nitrogen and oxygen atoms in total. The SMILES string of the molecule is C[C@@H]1CCC[C@]23CC[C@H](C[C@@]12C)C(C)(C)O3. The van der Waals surface area contributed by atoms with Crippen LogP contribution < -0.4 is 0 Å². The molecule has 2 aliphatic heterocycles. The van der Waals surface area contributed by atoms with E-state index in [1.165, 1.54) is 38.5 Å². The molecule has 0 aromatic rings. The van der Waals surface area contributed by atoms with Crippen molar-refractivity contribution in [3.63, 3.8) is 0 Å². The van der Waals surface area contributed by atoms with Gasteiger partial charge in [0.2, 0.25) is 0 Å². The molecule has 4 fully saturated rings. The van der Waals surface area contributed by atoms with Crippen molar-refractivity contribution in [1.82, 2.24) is 0 Å². The van der Waals surface area contributed by atoms with Crippen molar-refractivity contribution >= 4 is 0 Å². The molecule has 2 saturated carbocycles. The first kappa shape index (κ1) is 11.1. The molecule has 16 heavy (non-hydrogen) atoms. The molecule has 1 heteroatoms. The summed E-state index contributed by atoms with van der Waals surface area (Å²) in [6, 6.07) is 0. The van der Waals surface area contributed by atoms with Crippen LogP contribution in [0.2, 0.25) is 0 Å². The van der Waals surface area contributed by atoms with Crippen LogP contribution in [0.1, 0.15) is 66.2 Å². The van der Waals surface area contributed by atoms with Crippen LogP contribution in [-0.4, -0.2) is 11.2 Å². The molecule has 0 aromatic carbocycles. The summed E-state index contributed by atoms with van der Waals surface area (Å²) in [4.78, 5) is 0. The van der Waals surface area contributed by atoms with Crippen molar-refractivity contribution < 1.29 is 4.74 Å². The number of ether oxygens (including phenoxy) is 1. The number of hydrogen-bond acceptors (Lipinski definition) is 1. The molecule has 92 valence electrons. The summed E-state index contributed by atoms with van der Waals surface area (Å²) < 4.78 is 6.64. The molecule has 4 rings (SSSR count). The van der Waals surface area contributed by atoms with E-state index in [1.807, 2.05) is 0 Å². The molecule has 0 aromatic heterocycles. The maximum atomic E-state index is 6.64. The third-order valence-electron chi connectivity index (χ3n) is 6.35. The highest BCUT2D eigenvalue weighted by molar-refractivity contribution is 5.13. The first-order valence-corrected chi connectivity index (χ1v) is 7.10. The quantitative estimate of drug-likeness (QED) is 0.598. The highest BCUT2D eigenvalue weighted by Gasteiger charge is 2.64. The molecule has 2 heterocycles. The highest BCUT2D eigenvalue weighted by Crippen LogP contribution is 2.65. The van der Waals surface area contributed by atoms with Crippen molar-refractivity contribution in [2.75, 3.05) is 0 Å². The van der Waals surface area contributed by atoms with Crippen LogP contribution in [-0.2, 0) is 4.74 Å². The Balaban J connectivity index is 2.02. The van der Waals surface area contributed by atoms with Crippen LogP contribution in [0, 0.1) is 17.3 Å². The predicted molar refractivity (Wildman–Crippen MR) is 66.4 cm³/mol. The molecule has 1 spiro atoms. The van der Waals surface area contributed by atoms with Crippen molar-refractivity contribution in [3.8, 4) is 0 Å². The third-order valence-corrected chi connectivity index (χ3v) is 6.35. The van der Waals surface area contributed by atoms with E-state index in [9.17, 15) is 0 Å². The summed E-state index contributed by atoms with van der Waals surface area (Å²) in [5, 5.41) is 0. The normalized spacial score (nSPS) is 54.8. The van der Waals surface area contributed by atoms with Gasteiger partial charge in [-0.15, -0.1) is 0 Å². The van der Waals surface area contributed by atoms with Gasteiger partial charge in [-0.25, -0.2) is 0 Å². The van der Waals surface area contributed by atoms with Gasteiger partial charge in [0, 0.05) is 0 Å². The lowest BCUT2D eigenvalue weighted by atomic mass is 9.47. The molecule has 2 bridgehead atoms. The molecule has 0 N–H and O–H groups in total. The molecular weight excluding hydrogens is 196 g/mol. The van der Waals surface area contributed by atoms with E-state index in [0.717, 1.165) is 11.8 Å². The molecular formula is C15H26O. The Hall–Kier alpha value is -0.0400. The van der Waals surface area contributed by atoms with E-state index < -0.39 is 0 Å². The highest BCUT2D eigenvalue weighted by atomic mass is 16.5. The van der Waals surface area contributed by atoms with E-state index in [2.05, 4.69) is 27.7 Å². The van der Waals surface area contributed by atoms with Gasteiger partial charge in [0.1, 0.15) is 0 Å². The second kappa shape index (κ2) is 3.04. The molecule has 0 unspecified atom stereocenters. The smallest absolute Gasteiger partial charge is 0.0746 e. The zero-order chi connectivity index (χ0) is 11.6. The van der Waals surface area contributed by atoms with Crippen LogP contribution in [0.15, 0.2) is 0 Å². The van der Waals surface area contributed by atoms with E-state index >= 15 is 0 Å². The van der Waals surface area contributed by atoms with E-state index in [1.54, 1.807) is 0 Å². The second-order valence-corrected chi connectivity index (χ2v) is 7.35. The van der Waals surface area contributed by atoms with E-state index in [-0.39, 0.29) is 11.2 Å². The maximum Gasteiger partial charge on any atom is 0.0746 e. The molecule has 2 saturated heterocycles. The molecule has 0 amide bonds. The molecule has 0 radical (unpaired) electrons. The minimum atomic E-state index is 0.134. The summed E-state index contributed by atoms with van der Waals surface area (Å²) in [7, 11) is 0. The monoisotopic (exact) mass is 222 g/mol. The summed E-state index contributed by atoms with van der Waals surface area (Å²) >= 11 is 0. The topological polar surface area (TPSA) is 9.23 Å². The van der Waals surface area contributed by atoms with Gasteiger partial charge in [-0.2, -0.15) is 0 Å². The van der Waals surface area contributed by atoms with Gasteiger partial charge in [0.15, 0.2) is 0 Å². The Kier molecular flexibility index (Phi) is 2.11. The maximum absolute atomic E-state index is 6.64. The van der Waals surface area contributed by atoms with Gasteiger partial charge in [-0.3, -0.25) is 0 Å². The van der Waals surface area contributed by atoms with Crippen LogP contribution in [0.25, 0.3) is 0 Å². The Bertz CT molecular complexity index is 305. The van der Waals surface area contributed by atoms with Crippen molar-refractivity contribution in [3.05, 3.63) is 0 Å². The predicted octanol–water partition coefficient (Wildman–Crippen LogP) is 4.16. The minimum Gasteiger partial charge on any atom is -0.368 e. The fourth-order valence-corrected chi connectivity index (χ4v) is 4.96. The first-order chi connectivity index (χ1) is 7.40. The lowest BCUT2D eigenvalue weighted by Gasteiger charge is -2.67. The van der Waals surface area contributed by atoms with E-state index in [4.69, 9.17) is 4.74 Å². The van der Waals surface area contributed by atoms with Gasteiger partial charge in [0.25, 0.3) is 0 Å². The number of hydrogen-bond donors (Lipinski definition) is 0. The second-order valence-electron chi connectivity index (χ2n) is 7.35. The zero-order valence-corrected chi connectivity index (χ0v) is 11.3. The van der Waals surface area contributed by atoms with Crippen LogP contribution in [0.4, 0.5) is 0 Å². The molecule has 4 atom stereocenters. The molecule has 4 aliphatic rings. The van der Waals surface area contributed by atoms with Crippen LogP contribution >= 0.6 is 0 Å². The Morgan fingerprint density at radius 3 is 2.50 bits per heavy atom. The van der Waals surface area contributed by atoms with Crippen molar-refractivity contribution in [2.24, 2.45) is 17.3 Å². The minimum absolute atomic E-state index is 0.134. The summed E-state index contributed by atoms with van der Waals surface area (Å²) in [6.07, 6.45) is 8.22. The Labute approximate surface area is 99.9 Å². The van der Waals surface area contributed by atoms with Gasteiger partial charge >= 0.3 is 0 Å². The molecule has 2 aliphatic carbocycles. The fraction of sp³-hybridized carbons (Fsp3) is 1.00. The van der Waals surface area contributed by atoms with Gasteiger partial charge < -0.3 is 4.74 Å². The Morgan fingerprint density at radius 2 is 1.81 bits per heavy atom. The van der Waals surface area contributed by atoms with Crippen molar-refractivity contribution in [1.29, 1.82) is 0 Å². The summed E-state index contributed by atoms with van der Waals surface area (Å²) in [6.45, 7) is 9.60. The zero-order valence-electron chi connectivity index (χ0n) is 11.3. The largest absolute Gasteiger partial charge is 0.368 e. The van der Waals surface area contributed by atoms with Gasteiger partial charge in [-0.1, -0.05) is 20.3 Å². The number of fused-ring (bicyclic) bond motifs is 2. The average Bonchev–Trinajstić information content (AvgIpc) is 2.18. The van der Waals surface area contributed by atoms with Crippen LogP contribution in [0.5, 0.6) is 0 Å². The number of rotatable bonds is 0. The lowest BCUT2D eigenvalue weighted by molar-refractivity contribution is -0.317. The first-order valence-electron chi connectivity index (χ1n) is 7.10. The fourth-order valence-electron chi connectivity index (χ4n) is 4.96. The van der Waals surface area contributed by atoms with Gasteiger partial charge in [0.05, 0.1) is 11.2 Å². The van der Waals surface area contributed by atoms with Crippen LogP contribution in [0.3, 0.4) is 0 Å². The Morgan fingerprint density at radius 1 is 1.06 bits per heavy atom. The van der Waals surface area contributed by atoms with Crippen molar-refractivity contribution in [2.45, 2.75) is 77.4 Å². The third kappa shape index (κ3) is 1.16.